The molecule has 0 fully saturated rings. The van der Waals surface area contributed by atoms with Gasteiger partial charge in [0, 0.05) is 17.4 Å². The van der Waals surface area contributed by atoms with Gasteiger partial charge in [0.25, 0.3) is 0 Å². The van der Waals surface area contributed by atoms with Crippen molar-refractivity contribution in [3.63, 3.8) is 0 Å². The highest BCUT2D eigenvalue weighted by atomic mass is 15.0. The molecule has 0 atom stereocenters. The van der Waals surface area contributed by atoms with Crippen LogP contribution in [-0.4, -0.2) is 9.97 Å². The van der Waals surface area contributed by atoms with Gasteiger partial charge in [-0.3, -0.25) is 0 Å². The summed E-state index contributed by atoms with van der Waals surface area (Å²) in [6, 6.07) is 9.87. The van der Waals surface area contributed by atoms with Gasteiger partial charge in [-0.15, -0.1) is 0 Å². The van der Waals surface area contributed by atoms with Crippen molar-refractivity contribution in [2.24, 2.45) is 0 Å². The number of nitrogens with zero attached hydrogens (tertiary/aromatic N) is 2. The molecule has 3 nitrogen and oxygen atoms in total. The van der Waals surface area contributed by atoms with Crippen molar-refractivity contribution in [2.45, 2.75) is 0 Å². The maximum absolute atomic E-state index is 4.15. The maximum Gasteiger partial charge on any atom is 0.141 e. The number of anilines is 2. The van der Waals surface area contributed by atoms with Gasteiger partial charge in [-0.1, -0.05) is 30.9 Å². The number of rotatable bonds is 3. The van der Waals surface area contributed by atoms with Crippen LogP contribution >= 0.6 is 0 Å². The Morgan fingerprint density at radius 1 is 1.20 bits per heavy atom. The third kappa shape index (κ3) is 2.20. The van der Waals surface area contributed by atoms with Gasteiger partial charge in [0.05, 0.1) is 0 Å². The smallest absolute Gasteiger partial charge is 0.141 e. The molecule has 2 aromatic rings. The van der Waals surface area contributed by atoms with Crippen LogP contribution in [0.2, 0.25) is 0 Å². The summed E-state index contributed by atoms with van der Waals surface area (Å²) in [6.45, 7) is 3.71. The summed E-state index contributed by atoms with van der Waals surface area (Å²) in [5.41, 5.74) is 1.89. The summed E-state index contributed by atoms with van der Waals surface area (Å²) < 4.78 is 0. The highest BCUT2D eigenvalue weighted by molar-refractivity contribution is 5.66. The van der Waals surface area contributed by atoms with Gasteiger partial charge in [0.15, 0.2) is 0 Å². The normalized spacial score (nSPS) is 9.60. The molecular weight excluding hydrogens is 186 g/mol. The maximum atomic E-state index is 4.15. The lowest BCUT2D eigenvalue weighted by atomic mass is 10.3. The second-order valence-electron chi connectivity index (χ2n) is 3.02. The molecule has 0 amide bonds. The molecule has 74 valence electrons. The monoisotopic (exact) mass is 197 g/mol. The first-order valence-electron chi connectivity index (χ1n) is 4.64. The molecule has 15 heavy (non-hydrogen) atoms. The first-order chi connectivity index (χ1) is 7.40. The molecule has 0 unspecified atom stereocenters. The third-order valence-corrected chi connectivity index (χ3v) is 2.00. The second kappa shape index (κ2) is 4.37. The number of para-hydroxylation sites is 1. The molecule has 0 aliphatic rings. The molecule has 1 heterocycles. The average Bonchev–Trinajstić information content (AvgIpc) is 2.31. The lowest BCUT2D eigenvalue weighted by Crippen LogP contribution is -1.96. The minimum Gasteiger partial charge on any atom is -0.340 e. The number of nitrogens with one attached hydrogen (secondary N) is 1. The molecule has 0 radical (unpaired) electrons. The fourth-order valence-electron chi connectivity index (χ4n) is 1.25. The molecule has 0 spiro atoms. The molecule has 0 saturated heterocycles. The van der Waals surface area contributed by atoms with E-state index in [-0.39, 0.29) is 0 Å². The Balaban J connectivity index is 2.28. The highest BCUT2D eigenvalue weighted by Crippen LogP contribution is 2.17. The van der Waals surface area contributed by atoms with E-state index in [0.29, 0.717) is 0 Å². The molecule has 0 saturated carbocycles. The zero-order chi connectivity index (χ0) is 10.5. The third-order valence-electron chi connectivity index (χ3n) is 2.00. The Hall–Kier alpha value is -2.16. The highest BCUT2D eigenvalue weighted by Gasteiger charge is 1.99. The van der Waals surface area contributed by atoms with Gasteiger partial charge in [-0.25, -0.2) is 9.97 Å². The second-order valence-corrected chi connectivity index (χ2v) is 3.02. The van der Waals surface area contributed by atoms with Crippen LogP contribution in [0.1, 0.15) is 5.56 Å². The molecule has 0 aliphatic heterocycles. The van der Waals surface area contributed by atoms with Gasteiger partial charge in [0.1, 0.15) is 12.1 Å². The van der Waals surface area contributed by atoms with E-state index < -0.39 is 0 Å². The van der Waals surface area contributed by atoms with E-state index in [4.69, 9.17) is 0 Å². The lowest BCUT2D eigenvalue weighted by molar-refractivity contribution is 1.16. The Morgan fingerprint density at radius 3 is 2.73 bits per heavy atom. The van der Waals surface area contributed by atoms with Gasteiger partial charge in [0.2, 0.25) is 0 Å². The Morgan fingerprint density at radius 2 is 2.00 bits per heavy atom. The van der Waals surface area contributed by atoms with Crippen LogP contribution in [0.25, 0.3) is 6.08 Å². The molecule has 0 bridgehead atoms. The van der Waals surface area contributed by atoms with E-state index in [2.05, 4.69) is 21.9 Å². The standard InChI is InChI=1S/C12H11N3/c1-2-10-8-13-9-14-12(10)15-11-6-4-3-5-7-11/h2-9H,1H2,(H,13,14,15). The molecule has 0 aliphatic carbocycles. The summed E-state index contributed by atoms with van der Waals surface area (Å²) in [5.74, 6) is 0.770. The van der Waals surface area contributed by atoms with Crippen molar-refractivity contribution < 1.29 is 0 Å². The lowest BCUT2D eigenvalue weighted by Gasteiger charge is -2.06. The molecule has 1 aromatic carbocycles. The van der Waals surface area contributed by atoms with E-state index >= 15 is 0 Å². The van der Waals surface area contributed by atoms with Crippen LogP contribution in [0.5, 0.6) is 0 Å². The summed E-state index contributed by atoms with van der Waals surface area (Å²) in [4.78, 5) is 8.09. The fourth-order valence-corrected chi connectivity index (χ4v) is 1.25. The quantitative estimate of drug-likeness (QED) is 0.822. The SMILES string of the molecule is C=Cc1cncnc1Nc1ccccc1. The first-order valence-corrected chi connectivity index (χ1v) is 4.64. The van der Waals surface area contributed by atoms with Crippen molar-refractivity contribution in [3.8, 4) is 0 Å². The predicted molar refractivity (Wildman–Crippen MR) is 61.8 cm³/mol. The van der Waals surface area contributed by atoms with Crippen molar-refractivity contribution in [1.29, 1.82) is 0 Å². The van der Waals surface area contributed by atoms with Crippen molar-refractivity contribution in [2.75, 3.05) is 5.32 Å². The topological polar surface area (TPSA) is 37.8 Å². The fraction of sp³-hybridized carbons (Fsp3) is 0. The number of hydrogen-bond acceptors (Lipinski definition) is 3. The number of aromatic nitrogens is 2. The van der Waals surface area contributed by atoms with Crippen LogP contribution in [0.3, 0.4) is 0 Å². The van der Waals surface area contributed by atoms with E-state index in [0.717, 1.165) is 17.1 Å². The predicted octanol–water partition coefficient (Wildman–Crippen LogP) is 2.86. The summed E-state index contributed by atoms with van der Waals surface area (Å²) >= 11 is 0. The van der Waals surface area contributed by atoms with E-state index in [9.17, 15) is 0 Å². The average molecular weight is 197 g/mol. The molecule has 1 N–H and O–H groups in total. The number of hydrogen-bond donors (Lipinski definition) is 1. The summed E-state index contributed by atoms with van der Waals surface area (Å²) in [5, 5.41) is 3.20. The van der Waals surface area contributed by atoms with E-state index in [1.807, 2.05) is 30.3 Å². The first kappa shape index (κ1) is 9.40. The zero-order valence-corrected chi connectivity index (χ0v) is 8.22. The van der Waals surface area contributed by atoms with Crippen LogP contribution in [0.15, 0.2) is 49.4 Å². The van der Waals surface area contributed by atoms with E-state index in [1.54, 1.807) is 12.3 Å². The van der Waals surface area contributed by atoms with Crippen LogP contribution < -0.4 is 5.32 Å². The van der Waals surface area contributed by atoms with E-state index in [1.165, 1.54) is 6.33 Å². The molecule has 2 rings (SSSR count). The Kier molecular flexibility index (Phi) is 2.74. The van der Waals surface area contributed by atoms with Gasteiger partial charge >= 0.3 is 0 Å². The summed E-state index contributed by atoms with van der Waals surface area (Å²) in [6.07, 6.45) is 4.97. The van der Waals surface area contributed by atoms with Gasteiger partial charge < -0.3 is 5.32 Å². The van der Waals surface area contributed by atoms with Crippen molar-refractivity contribution in [3.05, 3.63) is 55.0 Å². The largest absolute Gasteiger partial charge is 0.340 e. The minimum absolute atomic E-state index is 0.770. The van der Waals surface area contributed by atoms with Crippen LogP contribution in [0.4, 0.5) is 11.5 Å². The van der Waals surface area contributed by atoms with Crippen molar-refractivity contribution >= 4 is 17.6 Å². The Bertz CT molecular complexity index is 451. The zero-order valence-electron chi connectivity index (χ0n) is 8.22. The summed E-state index contributed by atoms with van der Waals surface area (Å²) in [7, 11) is 0. The van der Waals surface area contributed by atoms with Crippen LogP contribution in [0, 0.1) is 0 Å². The molecular formula is C12H11N3. The van der Waals surface area contributed by atoms with Crippen molar-refractivity contribution in [1.82, 2.24) is 9.97 Å². The number of benzene rings is 1. The van der Waals surface area contributed by atoms with Gasteiger partial charge in [-0.2, -0.15) is 0 Å². The van der Waals surface area contributed by atoms with Crippen LogP contribution in [-0.2, 0) is 0 Å². The van der Waals surface area contributed by atoms with Gasteiger partial charge in [-0.05, 0) is 12.1 Å². The molecule has 1 aromatic heterocycles. The minimum atomic E-state index is 0.770. The Labute approximate surface area is 88.5 Å². The molecule has 3 heteroatoms.